The molecule has 6 nitrogen and oxygen atoms in total. The number of nitrogens with zero attached hydrogens (tertiary/aromatic N) is 4. The third-order valence-electron chi connectivity index (χ3n) is 4.79. The molecule has 7 heteroatoms. The first-order chi connectivity index (χ1) is 13.6. The number of rotatable bonds is 5. The van der Waals surface area contributed by atoms with Crippen molar-refractivity contribution in [1.29, 1.82) is 0 Å². The van der Waals surface area contributed by atoms with Crippen molar-refractivity contribution >= 4 is 16.7 Å². The average Bonchev–Trinajstić information content (AvgIpc) is 3.13. The van der Waals surface area contributed by atoms with Crippen molar-refractivity contribution in [2.75, 3.05) is 5.32 Å². The molecule has 0 bridgehead atoms. The van der Waals surface area contributed by atoms with E-state index < -0.39 is 0 Å². The molecular weight excluding hydrogens is 357 g/mol. The van der Waals surface area contributed by atoms with Crippen LogP contribution in [0.3, 0.4) is 0 Å². The Labute approximate surface area is 161 Å². The minimum atomic E-state index is -0.265. The Balaban J connectivity index is 1.71. The second kappa shape index (κ2) is 7.36. The number of halogens is 1. The zero-order chi connectivity index (χ0) is 19.7. The summed E-state index contributed by atoms with van der Waals surface area (Å²) in [7, 11) is 0. The van der Waals surface area contributed by atoms with Gasteiger partial charge in [-0.05, 0) is 43.2 Å². The van der Waals surface area contributed by atoms with E-state index in [1.165, 1.54) is 12.1 Å². The highest BCUT2D eigenvalue weighted by molar-refractivity contribution is 5.83. The van der Waals surface area contributed by atoms with E-state index in [0.717, 1.165) is 33.3 Å². The van der Waals surface area contributed by atoms with E-state index in [9.17, 15) is 9.50 Å². The lowest BCUT2D eigenvalue weighted by Gasteiger charge is -2.13. The van der Waals surface area contributed by atoms with Crippen molar-refractivity contribution in [3.63, 3.8) is 0 Å². The summed E-state index contributed by atoms with van der Waals surface area (Å²) in [4.78, 5) is 9.22. The highest BCUT2D eigenvalue weighted by atomic mass is 19.1. The van der Waals surface area contributed by atoms with Gasteiger partial charge in [-0.1, -0.05) is 24.3 Å². The van der Waals surface area contributed by atoms with E-state index in [0.29, 0.717) is 18.3 Å². The number of fused-ring (bicyclic) bond motifs is 1. The van der Waals surface area contributed by atoms with Crippen LogP contribution in [0.5, 0.6) is 0 Å². The number of hydrogen-bond donors (Lipinski definition) is 2. The molecule has 0 spiro atoms. The molecule has 0 amide bonds. The average molecular weight is 377 g/mol. The Morgan fingerprint density at radius 2 is 1.93 bits per heavy atom. The largest absolute Gasteiger partial charge is 0.392 e. The number of nitrogens with one attached hydrogen (secondary N) is 1. The third-order valence-corrected chi connectivity index (χ3v) is 4.79. The summed E-state index contributed by atoms with van der Waals surface area (Å²) in [6.07, 6.45) is 1.71. The smallest absolute Gasteiger partial charge is 0.253 e. The Kier molecular flexibility index (Phi) is 4.75. The van der Waals surface area contributed by atoms with E-state index >= 15 is 0 Å². The molecule has 2 aromatic heterocycles. The molecule has 0 fully saturated rings. The molecule has 0 unspecified atom stereocenters. The lowest BCUT2D eigenvalue weighted by atomic mass is 10.1. The van der Waals surface area contributed by atoms with Crippen LogP contribution in [-0.2, 0) is 13.2 Å². The standard InChI is InChI=1S/C21H20FN5O/c1-13-14(2)25-21(26-20(13)23-10-15-5-3-7-17(22)9-15)27-19-8-4-6-16(12-28)18(19)11-24-27/h3-9,11,28H,10,12H2,1-2H3,(H,23,25,26). The second-order valence-electron chi connectivity index (χ2n) is 6.63. The molecule has 142 valence electrons. The monoisotopic (exact) mass is 377 g/mol. The molecule has 4 aromatic rings. The van der Waals surface area contributed by atoms with Gasteiger partial charge in [-0.25, -0.2) is 9.37 Å². The summed E-state index contributed by atoms with van der Waals surface area (Å²) < 4.78 is 15.1. The summed E-state index contributed by atoms with van der Waals surface area (Å²) in [5.74, 6) is 0.849. The van der Waals surface area contributed by atoms with Gasteiger partial charge in [0, 0.05) is 23.2 Å². The van der Waals surface area contributed by atoms with Crippen LogP contribution in [0.2, 0.25) is 0 Å². The van der Waals surface area contributed by atoms with Crippen molar-refractivity contribution in [2.24, 2.45) is 0 Å². The van der Waals surface area contributed by atoms with Crippen LogP contribution in [0.25, 0.3) is 16.9 Å². The predicted molar refractivity (Wildman–Crippen MR) is 106 cm³/mol. The maximum absolute atomic E-state index is 13.4. The maximum Gasteiger partial charge on any atom is 0.253 e. The summed E-state index contributed by atoms with van der Waals surface area (Å²) in [5, 5.41) is 18.1. The normalized spacial score (nSPS) is 11.1. The number of aliphatic hydroxyl groups excluding tert-OH is 1. The summed E-state index contributed by atoms with van der Waals surface area (Å²) in [6.45, 7) is 4.25. The maximum atomic E-state index is 13.4. The summed E-state index contributed by atoms with van der Waals surface area (Å²) >= 11 is 0. The SMILES string of the molecule is Cc1nc(-n2ncc3c(CO)cccc32)nc(NCc2cccc(F)c2)c1C. The van der Waals surface area contributed by atoms with Crippen molar-refractivity contribution in [3.05, 3.63) is 76.9 Å². The minimum Gasteiger partial charge on any atom is -0.392 e. The van der Waals surface area contributed by atoms with Crippen LogP contribution in [0.15, 0.2) is 48.7 Å². The van der Waals surface area contributed by atoms with Crippen LogP contribution in [0.1, 0.15) is 22.4 Å². The first-order valence-corrected chi connectivity index (χ1v) is 8.97. The molecule has 2 aromatic carbocycles. The molecular formula is C21H20FN5O. The van der Waals surface area contributed by atoms with Gasteiger partial charge in [-0.15, -0.1) is 0 Å². The van der Waals surface area contributed by atoms with Crippen molar-refractivity contribution in [2.45, 2.75) is 27.0 Å². The van der Waals surface area contributed by atoms with E-state index in [1.54, 1.807) is 16.9 Å². The van der Waals surface area contributed by atoms with Gasteiger partial charge >= 0.3 is 0 Å². The minimum absolute atomic E-state index is 0.0583. The molecule has 4 rings (SSSR count). The Bertz CT molecular complexity index is 1150. The summed E-state index contributed by atoms with van der Waals surface area (Å²) in [5.41, 5.74) is 4.21. The first-order valence-electron chi connectivity index (χ1n) is 8.97. The molecule has 0 aliphatic rings. The zero-order valence-corrected chi connectivity index (χ0v) is 15.6. The quantitative estimate of drug-likeness (QED) is 0.555. The van der Waals surface area contributed by atoms with Crippen LogP contribution in [-0.4, -0.2) is 24.9 Å². The highest BCUT2D eigenvalue weighted by Crippen LogP contribution is 2.23. The van der Waals surface area contributed by atoms with Gasteiger partial charge in [-0.2, -0.15) is 14.8 Å². The number of aliphatic hydroxyl groups is 1. The fraction of sp³-hybridized carbons (Fsp3) is 0.190. The topological polar surface area (TPSA) is 75.9 Å². The molecule has 2 heterocycles. The molecule has 2 N–H and O–H groups in total. The Morgan fingerprint density at radius 3 is 2.71 bits per heavy atom. The van der Waals surface area contributed by atoms with Gasteiger partial charge in [0.2, 0.25) is 0 Å². The lowest BCUT2D eigenvalue weighted by Crippen LogP contribution is -2.11. The molecule has 0 aliphatic heterocycles. The van der Waals surface area contributed by atoms with Crippen molar-refractivity contribution in [3.8, 4) is 5.95 Å². The molecule has 0 atom stereocenters. The highest BCUT2D eigenvalue weighted by Gasteiger charge is 2.14. The van der Waals surface area contributed by atoms with Gasteiger partial charge in [0.25, 0.3) is 5.95 Å². The molecule has 0 aliphatic carbocycles. The van der Waals surface area contributed by atoms with Crippen LogP contribution in [0.4, 0.5) is 10.2 Å². The third kappa shape index (κ3) is 3.32. The Hall–Kier alpha value is -3.32. The number of hydrogen-bond acceptors (Lipinski definition) is 5. The molecule has 28 heavy (non-hydrogen) atoms. The zero-order valence-electron chi connectivity index (χ0n) is 15.6. The number of benzene rings is 2. The molecule has 0 radical (unpaired) electrons. The van der Waals surface area contributed by atoms with Crippen LogP contribution < -0.4 is 5.32 Å². The molecule has 0 saturated carbocycles. The summed E-state index contributed by atoms with van der Waals surface area (Å²) in [6, 6.07) is 12.1. The van der Waals surface area contributed by atoms with Gasteiger partial charge in [-0.3, -0.25) is 0 Å². The fourth-order valence-electron chi connectivity index (χ4n) is 3.12. The lowest BCUT2D eigenvalue weighted by molar-refractivity contribution is 0.283. The van der Waals surface area contributed by atoms with Crippen LogP contribution >= 0.6 is 0 Å². The van der Waals surface area contributed by atoms with Gasteiger partial charge < -0.3 is 10.4 Å². The fourth-order valence-corrected chi connectivity index (χ4v) is 3.12. The number of aromatic nitrogens is 4. The van der Waals surface area contributed by atoms with Crippen LogP contribution in [0, 0.1) is 19.7 Å². The number of anilines is 1. The number of aryl methyl sites for hydroxylation is 1. The van der Waals surface area contributed by atoms with Crippen molar-refractivity contribution < 1.29 is 9.50 Å². The van der Waals surface area contributed by atoms with Crippen molar-refractivity contribution in [1.82, 2.24) is 19.7 Å². The second-order valence-corrected chi connectivity index (χ2v) is 6.63. The van der Waals surface area contributed by atoms with Gasteiger partial charge in [0.1, 0.15) is 11.6 Å². The van der Waals surface area contributed by atoms with E-state index in [1.807, 2.05) is 38.1 Å². The van der Waals surface area contributed by atoms with E-state index in [4.69, 9.17) is 0 Å². The van der Waals surface area contributed by atoms with E-state index in [2.05, 4.69) is 20.4 Å². The predicted octanol–water partition coefficient (Wildman–Crippen LogP) is 3.68. The Morgan fingerprint density at radius 1 is 1.11 bits per heavy atom. The molecule has 0 saturated heterocycles. The first kappa shape index (κ1) is 18.1. The van der Waals surface area contributed by atoms with Gasteiger partial charge in [0.05, 0.1) is 18.3 Å². The van der Waals surface area contributed by atoms with E-state index in [-0.39, 0.29) is 12.4 Å². The van der Waals surface area contributed by atoms with Gasteiger partial charge in [0.15, 0.2) is 0 Å².